The van der Waals surface area contributed by atoms with E-state index in [9.17, 15) is 28.2 Å². The Morgan fingerprint density at radius 1 is 1.33 bits per heavy atom. The number of hydrogen-bond donors (Lipinski definition) is 4. The first-order valence-corrected chi connectivity index (χ1v) is 6.39. The van der Waals surface area contributed by atoms with Gasteiger partial charge < -0.3 is 20.1 Å². The number of aromatic carboxylic acids is 1. The molecule has 5 nitrogen and oxygen atoms in total. The number of alkyl halides is 3. The van der Waals surface area contributed by atoms with Crippen LogP contribution in [0, 0.1) is 0 Å². The van der Waals surface area contributed by atoms with Gasteiger partial charge in [0.25, 0.3) is 0 Å². The molecular weight excluding hydrogens is 313 g/mol. The fourth-order valence-electron chi connectivity index (χ4n) is 1.62. The molecular formula is C12H13F3O5S. The van der Waals surface area contributed by atoms with Gasteiger partial charge in [-0.15, -0.1) is 13.2 Å². The summed E-state index contributed by atoms with van der Waals surface area (Å²) in [5, 5.41) is 28.2. The Morgan fingerprint density at radius 2 is 1.95 bits per heavy atom. The number of carbonyl (C=O) groups is 1. The van der Waals surface area contributed by atoms with Crippen LogP contribution in [0.1, 0.15) is 28.4 Å². The Hall–Kier alpha value is -1.45. The molecule has 0 amide bonds. The number of carboxylic acid groups (broad SMARTS) is 1. The normalized spacial score (nSPS) is 14.6. The van der Waals surface area contributed by atoms with Crippen molar-refractivity contribution in [3.8, 4) is 5.75 Å². The summed E-state index contributed by atoms with van der Waals surface area (Å²) in [5.41, 5.74) is -0.791. The van der Waals surface area contributed by atoms with Gasteiger partial charge in [0.05, 0.1) is 6.10 Å². The van der Waals surface area contributed by atoms with Gasteiger partial charge in [-0.2, -0.15) is 12.6 Å². The van der Waals surface area contributed by atoms with E-state index >= 15 is 0 Å². The molecule has 0 aliphatic heterocycles. The van der Waals surface area contributed by atoms with Gasteiger partial charge in [0.15, 0.2) is 0 Å². The van der Waals surface area contributed by atoms with E-state index < -0.39 is 35.9 Å². The number of rotatable bonds is 6. The van der Waals surface area contributed by atoms with E-state index in [1.807, 2.05) is 0 Å². The lowest BCUT2D eigenvalue weighted by molar-refractivity contribution is -0.274. The van der Waals surface area contributed by atoms with Crippen molar-refractivity contribution in [2.75, 3.05) is 5.75 Å². The minimum atomic E-state index is -5.07. The number of hydrogen-bond acceptors (Lipinski definition) is 5. The molecule has 118 valence electrons. The van der Waals surface area contributed by atoms with Crippen LogP contribution in [0.15, 0.2) is 18.2 Å². The molecule has 0 aliphatic carbocycles. The Kier molecular flexibility index (Phi) is 5.87. The smallest absolute Gasteiger partial charge is 0.478 e. The van der Waals surface area contributed by atoms with Crippen LogP contribution in [0.5, 0.6) is 5.75 Å². The summed E-state index contributed by atoms with van der Waals surface area (Å²) in [6.07, 6.45) is -7.68. The lowest BCUT2D eigenvalue weighted by atomic mass is 10.0. The highest BCUT2D eigenvalue weighted by atomic mass is 32.1. The second kappa shape index (κ2) is 7.01. The van der Waals surface area contributed by atoms with Gasteiger partial charge in [-0.05, 0) is 29.9 Å². The Bertz CT molecular complexity index is 506. The molecule has 0 spiro atoms. The van der Waals surface area contributed by atoms with Crippen LogP contribution in [-0.4, -0.2) is 39.5 Å². The van der Waals surface area contributed by atoms with Crippen LogP contribution in [0.3, 0.4) is 0 Å². The maximum atomic E-state index is 12.3. The molecule has 1 aromatic carbocycles. The topological polar surface area (TPSA) is 87.0 Å². The standard InChI is InChI=1S/C12H13F3O5S/c13-12(14,15)20-9-5-6(1-2-7(9)11(18)19)10(17)8(16)3-4-21/h1-2,5,8,10,16-17,21H,3-4H2,(H,18,19). The molecule has 0 heterocycles. The summed E-state index contributed by atoms with van der Waals surface area (Å²) < 4.78 is 40.4. The molecule has 0 saturated heterocycles. The Balaban J connectivity index is 3.14. The zero-order valence-electron chi connectivity index (χ0n) is 10.5. The summed E-state index contributed by atoms with van der Waals surface area (Å²) in [6.45, 7) is 0. The molecule has 0 bridgehead atoms. The van der Waals surface area contributed by atoms with Gasteiger partial charge in [-0.3, -0.25) is 0 Å². The second-order valence-corrected chi connectivity index (χ2v) is 4.58. The lowest BCUT2D eigenvalue weighted by Gasteiger charge is -2.19. The summed E-state index contributed by atoms with van der Waals surface area (Å²) in [4.78, 5) is 10.9. The Morgan fingerprint density at radius 3 is 2.43 bits per heavy atom. The highest BCUT2D eigenvalue weighted by Gasteiger charge is 2.33. The zero-order chi connectivity index (χ0) is 16.2. The van der Waals surface area contributed by atoms with Crippen LogP contribution in [-0.2, 0) is 0 Å². The number of ether oxygens (including phenoxy) is 1. The van der Waals surface area contributed by atoms with Crippen LogP contribution in [0.25, 0.3) is 0 Å². The predicted molar refractivity (Wildman–Crippen MR) is 69.5 cm³/mol. The first-order chi connectivity index (χ1) is 9.65. The van der Waals surface area contributed by atoms with Crippen molar-refractivity contribution >= 4 is 18.6 Å². The van der Waals surface area contributed by atoms with Crippen molar-refractivity contribution in [3.63, 3.8) is 0 Å². The van der Waals surface area contributed by atoms with Crippen molar-refractivity contribution in [2.45, 2.75) is 25.0 Å². The van der Waals surface area contributed by atoms with E-state index in [-0.39, 0.29) is 17.7 Å². The molecule has 0 radical (unpaired) electrons. The average molecular weight is 326 g/mol. The highest BCUT2D eigenvalue weighted by molar-refractivity contribution is 7.80. The molecule has 0 saturated carbocycles. The molecule has 3 N–H and O–H groups in total. The van der Waals surface area contributed by atoms with Crippen molar-refractivity contribution in [3.05, 3.63) is 29.3 Å². The molecule has 1 aromatic rings. The maximum absolute atomic E-state index is 12.3. The van der Waals surface area contributed by atoms with E-state index in [4.69, 9.17) is 5.11 Å². The lowest BCUT2D eigenvalue weighted by Crippen LogP contribution is -2.21. The van der Waals surface area contributed by atoms with Crippen LogP contribution in [0.4, 0.5) is 13.2 Å². The predicted octanol–water partition coefficient (Wildman–Crippen LogP) is 2.00. The number of aliphatic hydroxyl groups excluding tert-OH is 2. The van der Waals surface area contributed by atoms with Crippen LogP contribution in [0.2, 0.25) is 0 Å². The van der Waals surface area contributed by atoms with Gasteiger partial charge >= 0.3 is 12.3 Å². The molecule has 2 atom stereocenters. The quantitative estimate of drug-likeness (QED) is 0.601. The number of thiol groups is 1. The number of halogens is 3. The van der Waals surface area contributed by atoms with Crippen molar-refractivity contribution in [1.29, 1.82) is 0 Å². The largest absolute Gasteiger partial charge is 0.573 e. The molecule has 0 fully saturated rings. The SMILES string of the molecule is O=C(O)c1ccc(C(O)C(O)CCS)cc1OC(F)(F)F. The summed E-state index contributed by atoms with van der Waals surface area (Å²) in [6, 6.07) is 2.72. The first-order valence-electron chi connectivity index (χ1n) is 5.75. The number of aliphatic hydroxyl groups is 2. The van der Waals surface area contributed by atoms with E-state index in [1.54, 1.807) is 0 Å². The van der Waals surface area contributed by atoms with E-state index in [2.05, 4.69) is 17.4 Å². The third kappa shape index (κ3) is 5.10. The van der Waals surface area contributed by atoms with Crippen LogP contribution >= 0.6 is 12.6 Å². The molecule has 2 unspecified atom stereocenters. The van der Waals surface area contributed by atoms with Crippen molar-refractivity contribution in [2.24, 2.45) is 0 Å². The van der Waals surface area contributed by atoms with E-state index in [1.165, 1.54) is 0 Å². The highest BCUT2D eigenvalue weighted by Crippen LogP contribution is 2.30. The van der Waals surface area contributed by atoms with Gasteiger partial charge in [-0.25, -0.2) is 4.79 Å². The Labute approximate surface area is 123 Å². The number of benzene rings is 1. The fourth-order valence-corrected chi connectivity index (χ4v) is 1.89. The second-order valence-electron chi connectivity index (χ2n) is 4.13. The van der Waals surface area contributed by atoms with Gasteiger partial charge in [-0.1, -0.05) is 6.07 Å². The van der Waals surface area contributed by atoms with Gasteiger partial charge in [0, 0.05) is 0 Å². The molecule has 0 aliphatic rings. The minimum Gasteiger partial charge on any atom is -0.478 e. The number of carboxylic acids is 1. The molecule has 21 heavy (non-hydrogen) atoms. The van der Waals surface area contributed by atoms with Gasteiger partial charge in [0.2, 0.25) is 0 Å². The van der Waals surface area contributed by atoms with Crippen LogP contribution < -0.4 is 4.74 Å². The van der Waals surface area contributed by atoms with Crippen molar-refractivity contribution < 1.29 is 38.0 Å². The average Bonchev–Trinajstić information content (AvgIpc) is 2.35. The fraction of sp³-hybridized carbons (Fsp3) is 0.417. The summed E-state index contributed by atoms with van der Waals surface area (Å²) in [7, 11) is 0. The third-order valence-electron chi connectivity index (χ3n) is 2.59. The summed E-state index contributed by atoms with van der Waals surface area (Å²) >= 11 is 3.86. The maximum Gasteiger partial charge on any atom is 0.573 e. The first kappa shape index (κ1) is 17.6. The van der Waals surface area contributed by atoms with E-state index in [0.29, 0.717) is 0 Å². The minimum absolute atomic E-state index is 0.0893. The van der Waals surface area contributed by atoms with Gasteiger partial charge in [0.1, 0.15) is 17.4 Å². The molecule has 0 aromatic heterocycles. The summed E-state index contributed by atoms with van der Waals surface area (Å²) in [5.74, 6) is -2.30. The van der Waals surface area contributed by atoms with Crippen molar-refractivity contribution in [1.82, 2.24) is 0 Å². The van der Waals surface area contributed by atoms with E-state index in [0.717, 1.165) is 18.2 Å². The zero-order valence-corrected chi connectivity index (χ0v) is 11.4. The monoisotopic (exact) mass is 326 g/mol. The molecule has 1 rings (SSSR count). The third-order valence-corrected chi connectivity index (χ3v) is 2.85. The molecule has 9 heteroatoms.